The van der Waals surface area contributed by atoms with E-state index in [9.17, 15) is 0 Å². The Bertz CT molecular complexity index is 961. The van der Waals surface area contributed by atoms with Gasteiger partial charge in [-0.15, -0.1) is 0 Å². The van der Waals surface area contributed by atoms with Crippen LogP contribution in [0.5, 0.6) is 5.75 Å². The van der Waals surface area contributed by atoms with Gasteiger partial charge < -0.3 is 14.2 Å². The highest BCUT2D eigenvalue weighted by Crippen LogP contribution is 2.54. The van der Waals surface area contributed by atoms with Crippen molar-refractivity contribution in [2.45, 2.75) is 105 Å². The van der Waals surface area contributed by atoms with Gasteiger partial charge in [-0.05, 0) is 96.4 Å². The molecule has 0 radical (unpaired) electrons. The van der Waals surface area contributed by atoms with E-state index in [-0.39, 0.29) is 17.1 Å². The van der Waals surface area contributed by atoms with Crippen LogP contribution in [-0.2, 0) is 15.9 Å². The van der Waals surface area contributed by atoms with Gasteiger partial charge in [-0.3, -0.25) is 0 Å². The summed E-state index contributed by atoms with van der Waals surface area (Å²) in [6.45, 7) is 17.4. The van der Waals surface area contributed by atoms with Gasteiger partial charge in [0.2, 0.25) is 0 Å². The number of fused-ring (bicyclic) bond motifs is 1. The Morgan fingerprint density at radius 1 is 0.833 bits per heavy atom. The van der Waals surface area contributed by atoms with Crippen molar-refractivity contribution in [1.82, 2.24) is 0 Å². The van der Waals surface area contributed by atoms with E-state index >= 15 is 0 Å². The number of rotatable bonds is 8. The van der Waals surface area contributed by atoms with Crippen LogP contribution >= 0.6 is 0 Å². The van der Waals surface area contributed by atoms with E-state index in [1.54, 1.807) is 0 Å². The second-order valence-electron chi connectivity index (χ2n) is 13.2. The Morgan fingerprint density at radius 2 is 1.53 bits per heavy atom. The van der Waals surface area contributed by atoms with Crippen molar-refractivity contribution in [3.8, 4) is 5.75 Å². The van der Waals surface area contributed by atoms with E-state index in [1.807, 2.05) is 6.92 Å². The van der Waals surface area contributed by atoms with Gasteiger partial charge in [0, 0.05) is 0 Å². The number of benzene rings is 2. The molecule has 2 aromatic carbocycles. The third kappa shape index (κ3) is 6.72. The van der Waals surface area contributed by atoms with Crippen LogP contribution in [0.25, 0.3) is 0 Å². The molecule has 1 fully saturated rings. The highest BCUT2D eigenvalue weighted by Gasteiger charge is 2.44. The molecule has 3 nitrogen and oxygen atoms in total. The molecular formula is C33H48O3. The molecule has 1 saturated carbocycles. The summed E-state index contributed by atoms with van der Waals surface area (Å²) in [6.07, 6.45) is 5.86. The second-order valence-corrected chi connectivity index (χ2v) is 13.2. The molecule has 36 heavy (non-hydrogen) atoms. The maximum Gasteiger partial charge on any atom is 0.197 e. The van der Waals surface area contributed by atoms with Crippen LogP contribution in [0.15, 0.2) is 48.5 Å². The monoisotopic (exact) mass is 492 g/mol. The Morgan fingerprint density at radius 3 is 2.17 bits per heavy atom. The average Bonchev–Trinajstić information content (AvgIpc) is 3.23. The van der Waals surface area contributed by atoms with Gasteiger partial charge in [-0.1, -0.05) is 77.9 Å². The van der Waals surface area contributed by atoms with Crippen LogP contribution < -0.4 is 4.74 Å². The fourth-order valence-electron chi connectivity index (χ4n) is 6.53. The van der Waals surface area contributed by atoms with Crippen molar-refractivity contribution in [3.05, 3.63) is 65.2 Å². The van der Waals surface area contributed by atoms with E-state index in [2.05, 4.69) is 90.1 Å². The Kier molecular flexibility index (Phi) is 8.52. The number of hydrogen-bond acceptors (Lipinski definition) is 3. The van der Waals surface area contributed by atoms with Crippen molar-refractivity contribution in [2.24, 2.45) is 16.7 Å². The summed E-state index contributed by atoms with van der Waals surface area (Å²) in [5, 5.41) is 0. The fourth-order valence-corrected chi connectivity index (χ4v) is 6.53. The first-order valence-electron chi connectivity index (χ1n) is 14.1. The zero-order valence-electron chi connectivity index (χ0n) is 23.7. The summed E-state index contributed by atoms with van der Waals surface area (Å²) in [5.41, 5.74) is 4.92. The lowest BCUT2D eigenvalue weighted by molar-refractivity contribution is -0.0944. The lowest BCUT2D eigenvalue weighted by Crippen LogP contribution is -2.31. The van der Waals surface area contributed by atoms with Gasteiger partial charge in [-0.25, -0.2) is 0 Å². The molecule has 0 saturated heterocycles. The summed E-state index contributed by atoms with van der Waals surface area (Å²) in [7, 11) is 0. The maximum absolute atomic E-state index is 6.16. The maximum atomic E-state index is 6.16. The SMILES string of the molecule is CC(OCCOC1CCC(c2ccccc2)CC1)Oc1ccc2c(c1)CC(C(C)(C)C)C2C(C)(C)C. The number of hydrogen-bond donors (Lipinski definition) is 0. The zero-order chi connectivity index (χ0) is 25.9. The van der Waals surface area contributed by atoms with Crippen LogP contribution in [0, 0.1) is 16.7 Å². The van der Waals surface area contributed by atoms with Gasteiger partial charge in [0.15, 0.2) is 6.29 Å². The Hall–Kier alpha value is -1.84. The summed E-state index contributed by atoms with van der Waals surface area (Å²) in [6, 6.07) is 17.6. The lowest BCUT2D eigenvalue weighted by atomic mass is 9.65. The van der Waals surface area contributed by atoms with E-state index in [4.69, 9.17) is 14.2 Å². The first-order valence-corrected chi connectivity index (χ1v) is 14.1. The molecule has 0 spiro atoms. The first kappa shape index (κ1) is 27.2. The predicted molar refractivity (Wildman–Crippen MR) is 149 cm³/mol. The molecule has 2 aliphatic rings. The Labute approximate surface area is 219 Å². The fraction of sp³-hybridized carbons (Fsp3) is 0.636. The lowest BCUT2D eigenvalue weighted by Gasteiger charge is -2.40. The quantitative estimate of drug-likeness (QED) is 0.273. The molecular weight excluding hydrogens is 444 g/mol. The molecule has 0 amide bonds. The highest BCUT2D eigenvalue weighted by atomic mass is 16.7. The van der Waals surface area contributed by atoms with Crippen LogP contribution in [0.2, 0.25) is 0 Å². The van der Waals surface area contributed by atoms with Gasteiger partial charge in [0.05, 0.1) is 19.3 Å². The van der Waals surface area contributed by atoms with E-state index in [0.29, 0.717) is 37.1 Å². The summed E-state index contributed by atoms with van der Waals surface area (Å²) >= 11 is 0. The standard InChI is InChI=1S/C33H48O3/c1-23(34-19-20-35-27-15-13-25(14-16-27)24-11-9-8-10-12-24)36-28-17-18-29-26(21-28)22-30(32(2,3)4)31(29)33(5,6)7/h8-12,17-18,21,23,25,27,30-31H,13-16,19-20,22H2,1-7H3. The smallest absolute Gasteiger partial charge is 0.197 e. The minimum absolute atomic E-state index is 0.239. The molecule has 3 unspecified atom stereocenters. The molecule has 0 aromatic heterocycles. The van der Waals surface area contributed by atoms with Crippen LogP contribution in [0.4, 0.5) is 0 Å². The van der Waals surface area contributed by atoms with Gasteiger partial charge in [0.25, 0.3) is 0 Å². The topological polar surface area (TPSA) is 27.7 Å². The van der Waals surface area contributed by atoms with Crippen molar-refractivity contribution in [2.75, 3.05) is 13.2 Å². The largest absolute Gasteiger partial charge is 0.465 e. The first-order chi connectivity index (χ1) is 17.0. The second kappa shape index (κ2) is 11.3. The molecule has 3 heteroatoms. The van der Waals surface area contributed by atoms with Gasteiger partial charge >= 0.3 is 0 Å². The van der Waals surface area contributed by atoms with E-state index in [0.717, 1.165) is 25.0 Å². The van der Waals surface area contributed by atoms with Crippen LogP contribution in [0.3, 0.4) is 0 Å². The van der Waals surface area contributed by atoms with Gasteiger partial charge in [0.1, 0.15) is 5.75 Å². The van der Waals surface area contributed by atoms with Crippen molar-refractivity contribution in [1.29, 1.82) is 0 Å². The summed E-state index contributed by atoms with van der Waals surface area (Å²) < 4.78 is 18.2. The van der Waals surface area contributed by atoms with E-state index in [1.165, 1.54) is 29.5 Å². The van der Waals surface area contributed by atoms with Crippen molar-refractivity contribution >= 4 is 0 Å². The normalized spacial score (nSPS) is 25.4. The minimum Gasteiger partial charge on any atom is -0.465 e. The Balaban J connectivity index is 1.21. The molecule has 0 N–H and O–H groups in total. The summed E-state index contributed by atoms with van der Waals surface area (Å²) in [4.78, 5) is 0. The molecule has 3 atom stereocenters. The van der Waals surface area contributed by atoms with E-state index < -0.39 is 0 Å². The highest BCUT2D eigenvalue weighted by molar-refractivity contribution is 5.43. The molecule has 2 aliphatic carbocycles. The summed E-state index contributed by atoms with van der Waals surface area (Å²) in [5.74, 6) is 2.79. The van der Waals surface area contributed by atoms with Crippen LogP contribution in [0.1, 0.15) is 103 Å². The average molecular weight is 493 g/mol. The number of ether oxygens (including phenoxy) is 3. The molecule has 0 heterocycles. The third-order valence-electron chi connectivity index (χ3n) is 8.37. The molecule has 4 rings (SSSR count). The molecule has 0 bridgehead atoms. The van der Waals surface area contributed by atoms with Gasteiger partial charge in [-0.2, -0.15) is 0 Å². The minimum atomic E-state index is -0.293. The third-order valence-corrected chi connectivity index (χ3v) is 8.37. The van der Waals surface area contributed by atoms with Crippen molar-refractivity contribution in [3.63, 3.8) is 0 Å². The molecule has 2 aromatic rings. The molecule has 198 valence electrons. The predicted octanol–water partition coefficient (Wildman–Crippen LogP) is 8.52. The molecule has 0 aliphatic heterocycles. The zero-order valence-corrected chi connectivity index (χ0v) is 23.7. The van der Waals surface area contributed by atoms with Crippen LogP contribution in [-0.4, -0.2) is 25.6 Å². The van der Waals surface area contributed by atoms with Crippen molar-refractivity contribution < 1.29 is 14.2 Å².